The van der Waals surface area contributed by atoms with Crippen molar-refractivity contribution < 1.29 is 32.2 Å². The van der Waals surface area contributed by atoms with Crippen LogP contribution in [0.25, 0.3) is 0 Å². The van der Waals surface area contributed by atoms with E-state index < -0.39 is 30.0 Å². The summed E-state index contributed by atoms with van der Waals surface area (Å²) >= 11 is 0. The molecule has 17 heavy (non-hydrogen) atoms. The molecule has 1 rings (SSSR count). The van der Waals surface area contributed by atoms with Crippen molar-refractivity contribution in [3.8, 4) is 0 Å². The zero-order valence-electron chi connectivity index (χ0n) is 8.88. The predicted molar refractivity (Wildman–Crippen MR) is 49.8 cm³/mol. The van der Waals surface area contributed by atoms with Crippen molar-refractivity contribution in [3.05, 3.63) is 12.7 Å². The first kappa shape index (κ1) is 13.5. The molecular formula is C10H11F3O4. The monoisotopic (exact) mass is 252 g/mol. The Balaban J connectivity index is 2.52. The molecule has 0 saturated carbocycles. The van der Waals surface area contributed by atoms with E-state index in [1.54, 1.807) is 0 Å². The molecule has 0 aromatic rings. The maximum atomic E-state index is 12.3. The van der Waals surface area contributed by atoms with Gasteiger partial charge in [0.1, 0.15) is 12.0 Å². The van der Waals surface area contributed by atoms with Crippen molar-refractivity contribution in [3.63, 3.8) is 0 Å². The van der Waals surface area contributed by atoms with Crippen LogP contribution >= 0.6 is 0 Å². The van der Waals surface area contributed by atoms with E-state index in [2.05, 4.69) is 16.1 Å². The minimum absolute atomic E-state index is 0.203. The zero-order valence-corrected chi connectivity index (χ0v) is 8.88. The summed E-state index contributed by atoms with van der Waals surface area (Å²) in [6, 6.07) is 0. The molecule has 0 N–H and O–H groups in total. The lowest BCUT2D eigenvalue weighted by Crippen LogP contribution is -2.51. The molecule has 7 heteroatoms. The highest BCUT2D eigenvalue weighted by Gasteiger charge is 2.55. The van der Waals surface area contributed by atoms with E-state index in [4.69, 9.17) is 0 Å². The summed E-state index contributed by atoms with van der Waals surface area (Å²) in [4.78, 5) is 21.8. The summed E-state index contributed by atoms with van der Waals surface area (Å²) < 4.78 is 45.7. The lowest BCUT2D eigenvalue weighted by Gasteiger charge is -2.39. The van der Waals surface area contributed by atoms with Crippen molar-refractivity contribution in [2.75, 3.05) is 13.2 Å². The molecule has 96 valence electrons. The van der Waals surface area contributed by atoms with Crippen LogP contribution in [0.5, 0.6) is 0 Å². The van der Waals surface area contributed by atoms with Gasteiger partial charge in [0.2, 0.25) is 0 Å². The van der Waals surface area contributed by atoms with Crippen LogP contribution in [0, 0.1) is 5.41 Å². The van der Waals surface area contributed by atoms with Crippen molar-refractivity contribution in [1.82, 2.24) is 0 Å². The molecular weight excluding hydrogens is 241 g/mol. The normalized spacial score (nSPS) is 23.6. The molecule has 1 saturated heterocycles. The lowest BCUT2D eigenvalue weighted by molar-refractivity contribution is -0.218. The number of carbonyl (C=O) groups is 2. The van der Waals surface area contributed by atoms with Crippen LogP contribution in [0.4, 0.5) is 13.2 Å². The van der Waals surface area contributed by atoms with E-state index >= 15 is 0 Å². The van der Waals surface area contributed by atoms with Crippen LogP contribution in [0.2, 0.25) is 0 Å². The van der Waals surface area contributed by atoms with Gasteiger partial charge in [-0.2, -0.15) is 13.2 Å². The third kappa shape index (κ3) is 3.47. The van der Waals surface area contributed by atoms with E-state index in [0.717, 1.165) is 6.08 Å². The number of ether oxygens (including phenoxy) is 2. The summed E-state index contributed by atoms with van der Waals surface area (Å²) in [6.45, 7) is 2.58. The fourth-order valence-electron chi connectivity index (χ4n) is 1.51. The summed E-state index contributed by atoms with van der Waals surface area (Å²) in [6.07, 6.45) is -5.02. The van der Waals surface area contributed by atoms with Gasteiger partial charge in [0, 0.05) is 12.5 Å². The van der Waals surface area contributed by atoms with Gasteiger partial charge < -0.3 is 9.47 Å². The average Bonchev–Trinajstić information content (AvgIpc) is 2.23. The molecule has 1 atom stereocenters. The highest BCUT2D eigenvalue weighted by molar-refractivity contribution is 5.82. The van der Waals surface area contributed by atoms with Crippen molar-refractivity contribution in [2.24, 2.45) is 5.41 Å². The van der Waals surface area contributed by atoms with Gasteiger partial charge in [-0.05, 0) is 0 Å². The molecule has 0 spiro atoms. The van der Waals surface area contributed by atoms with Gasteiger partial charge in [0.25, 0.3) is 0 Å². The van der Waals surface area contributed by atoms with E-state index in [0.29, 0.717) is 0 Å². The van der Waals surface area contributed by atoms with E-state index in [-0.39, 0.29) is 19.6 Å². The molecule has 4 nitrogen and oxygen atoms in total. The summed E-state index contributed by atoms with van der Waals surface area (Å²) in [7, 11) is 0. The molecule has 1 aliphatic heterocycles. The number of esters is 2. The van der Waals surface area contributed by atoms with Gasteiger partial charge in [0.15, 0.2) is 0 Å². The molecule has 0 bridgehead atoms. The fraction of sp³-hybridized carbons (Fsp3) is 0.600. The minimum atomic E-state index is -4.46. The Morgan fingerprint density at radius 2 is 2.24 bits per heavy atom. The number of carbonyl (C=O) groups excluding carboxylic acids is 2. The van der Waals surface area contributed by atoms with Gasteiger partial charge >= 0.3 is 18.1 Å². The first-order valence-electron chi connectivity index (χ1n) is 4.82. The van der Waals surface area contributed by atoms with E-state index in [1.165, 1.54) is 0 Å². The Labute approximate surface area is 95.4 Å². The molecule has 1 unspecified atom stereocenters. The Hall–Kier alpha value is -1.53. The molecule has 0 aliphatic carbocycles. The molecule has 0 radical (unpaired) electrons. The Kier molecular flexibility index (Phi) is 3.79. The first-order chi connectivity index (χ1) is 7.79. The van der Waals surface area contributed by atoms with Crippen LogP contribution in [0.1, 0.15) is 12.8 Å². The van der Waals surface area contributed by atoms with Crippen LogP contribution in [-0.2, 0) is 19.1 Å². The van der Waals surface area contributed by atoms with Gasteiger partial charge in [-0.25, -0.2) is 4.79 Å². The summed E-state index contributed by atoms with van der Waals surface area (Å²) in [5.74, 6) is -1.63. The van der Waals surface area contributed by atoms with Crippen molar-refractivity contribution in [2.45, 2.75) is 19.0 Å². The lowest BCUT2D eigenvalue weighted by atomic mass is 9.78. The van der Waals surface area contributed by atoms with Gasteiger partial charge in [0.05, 0.1) is 13.0 Å². The highest BCUT2D eigenvalue weighted by atomic mass is 19.4. The van der Waals surface area contributed by atoms with E-state index in [9.17, 15) is 22.8 Å². The molecule has 1 fully saturated rings. The number of hydrogen-bond donors (Lipinski definition) is 0. The number of cyclic esters (lactones) is 1. The Bertz CT molecular complexity index is 337. The second-order valence-electron chi connectivity index (χ2n) is 3.77. The maximum absolute atomic E-state index is 12.3. The van der Waals surface area contributed by atoms with Crippen LogP contribution in [-0.4, -0.2) is 31.3 Å². The average molecular weight is 252 g/mol. The minimum Gasteiger partial charge on any atom is -0.464 e. The predicted octanol–water partition coefficient (Wildman–Crippen LogP) is 1.60. The molecule has 0 amide bonds. The van der Waals surface area contributed by atoms with Gasteiger partial charge in [-0.1, -0.05) is 6.58 Å². The van der Waals surface area contributed by atoms with Crippen molar-refractivity contribution in [1.29, 1.82) is 0 Å². The Morgan fingerprint density at radius 1 is 1.59 bits per heavy atom. The fourth-order valence-corrected chi connectivity index (χ4v) is 1.51. The van der Waals surface area contributed by atoms with Gasteiger partial charge in [-0.3, -0.25) is 4.79 Å². The molecule has 0 aromatic carbocycles. The van der Waals surface area contributed by atoms with Crippen molar-refractivity contribution >= 4 is 11.9 Å². The third-order valence-corrected chi connectivity index (χ3v) is 2.44. The highest BCUT2D eigenvalue weighted by Crippen LogP contribution is 2.43. The summed E-state index contributed by atoms with van der Waals surface area (Å²) in [5.41, 5.74) is -1.60. The quantitative estimate of drug-likeness (QED) is 0.551. The SMILES string of the molecule is C=CC(=O)OCCC1(CC(F)(F)F)COC1=O. The second-order valence-corrected chi connectivity index (χ2v) is 3.77. The standard InChI is InChI=1S/C10H11F3O4/c1-2-7(14)16-4-3-9(5-10(11,12)13)6-17-8(9)15/h2H,1,3-6H2. The largest absolute Gasteiger partial charge is 0.464 e. The number of alkyl halides is 3. The maximum Gasteiger partial charge on any atom is 0.390 e. The van der Waals surface area contributed by atoms with Gasteiger partial charge in [-0.15, -0.1) is 0 Å². The topological polar surface area (TPSA) is 52.6 Å². The smallest absolute Gasteiger partial charge is 0.390 e. The third-order valence-electron chi connectivity index (χ3n) is 2.44. The first-order valence-corrected chi connectivity index (χ1v) is 4.82. The number of halogens is 3. The van der Waals surface area contributed by atoms with Crippen LogP contribution in [0.3, 0.4) is 0 Å². The summed E-state index contributed by atoms with van der Waals surface area (Å²) in [5, 5.41) is 0. The molecule has 1 aliphatic rings. The molecule has 1 heterocycles. The second kappa shape index (κ2) is 4.77. The zero-order chi connectivity index (χ0) is 13.1. The van der Waals surface area contributed by atoms with E-state index in [1.807, 2.05) is 0 Å². The molecule has 0 aromatic heterocycles. The number of rotatable bonds is 5. The Morgan fingerprint density at radius 3 is 2.59 bits per heavy atom. The number of hydrogen-bond acceptors (Lipinski definition) is 4. The van der Waals surface area contributed by atoms with Crippen LogP contribution in [0.15, 0.2) is 12.7 Å². The van der Waals surface area contributed by atoms with Crippen LogP contribution < -0.4 is 0 Å².